The standard InChI is InChI=1S/C76H130O6/c1-4-7-10-13-16-19-22-25-28-30-32-33-34-35-36-37-38-39-40-41-42-43-45-46-48-51-54-57-60-63-66-69-75(78)81-72-73(71-80-74(77)68-65-62-59-56-53-50-27-24-21-18-15-12-9-6-3)82-76(79)70-67-64-61-58-55-52-49-47-44-31-29-26-23-20-17-14-11-8-5-2/h7,10,15-16,18-19,24-25,27-28,32-33,35-36,38-39,41-42,73H,4-6,8-9,11-14,17,20-23,26,29-31,34,37,40,43-72H2,1-3H3/b10-7-,18-15-,19-16-,27-24-,28-25-,33-32-,36-35-,39-38-,42-41-. The number of hydrogen-bond donors (Lipinski definition) is 0. The molecule has 470 valence electrons. The minimum absolute atomic E-state index is 0.0834. The molecule has 0 heterocycles. The summed E-state index contributed by atoms with van der Waals surface area (Å²) in [5.41, 5.74) is 0. The summed E-state index contributed by atoms with van der Waals surface area (Å²) in [7, 11) is 0. The molecule has 1 atom stereocenters. The highest BCUT2D eigenvalue weighted by atomic mass is 16.6. The Bertz CT molecular complexity index is 1640. The first-order valence-electron chi connectivity index (χ1n) is 34.9. The Hall–Kier alpha value is -3.93. The van der Waals surface area contributed by atoms with E-state index < -0.39 is 6.10 Å². The molecule has 0 saturated carbocycles. The molecular weight excluding hydrogens is 1010 g/mol. The van der Waals surface area contributed by atoms with Crippen LogP contribution >= 0.6 is 0 Å². The van der Waals surface area contributed by atoms with Crippen LogP contribution in [0.2, 0.25) is 0 Å². The van der Waals surface area contributed by atoms with Gasteiger partial charge in [-0.05, 0) is 103 Å². The van der Waals surface area contributed by atoms with E-state index in [4.69, 9.17) is 14.2 Å². The molecule has 0 amide bonds. The van der Waals surface area contributed by atoms with Gasteiger partial charge in [-0.25, -0.2) is 0 Å². The Morgan fingerprint density at radius 3 is 0.780 bits per heavy atom. The largest absolute Gasteiger partial charge is 0.462 e. The zero-order valence-corrected chi connectivity index (χ0v) is 54.0. The maximum atomic E-state index is 12.9. The van der Waals surface area contributed by atoms with Gasteiger partial charge in [-0.15, -0.1) is 0 Å². The first kappa shape index (κ1) is 78.1. The highest BCUT2D eigenvalue weighted by Crippen LogP contribution is 2.17. The van der Waals surface area contributed by atoms with Gasteiger partial charge in [0, 0.05) is 19.3 Å². The van der Waals surface area contributed by atoms with E-state index in [1.54, 1.807) is 0 Å². The average Bonchev–Trinajstić information content (AvgIpc) is 3.47. The van der Waals surface area contributed by atoms with Crippen molar-refractivity contribution < 1.29 is 28.6 Å². The monoisotopic (exact) mass is 1140 g/mol. The maximum Gasteiger partial charge on any atom is 0.306 e. The van der Waals surface area contributed by atoms with Gasteiger partial charge in [0.2, 0.25) is 0 Å². The Balaban J connectivity index is 4.30. The summed E-state index contributed by atoms with van der Waals surface area (Å²) in [4.78, 5) is 38.4. The third-order valence-electron chi connectivity index (χ3n) is 15.0. The summed E-state index contributed by atoms with van der Waals surface area (Å²) in [6.07, 6.45) is 95.3. The molecule has 0 spiro atoms. The van der Waals surface area contributed by atoms with Crippen LogP contribution in [-0.2, 0) is 28.6 Å². The summed E-state index contributed by atoms with van der Waals surface area (Å²) >= 11 is 0. The number of carbonyl (C=O) groups is 3. The third kappa shape index (κ3) is 66.9. The van der Waals surface area contributed by atoms with Crippen molar-refractivity contribution in [2.45, 2.75) is 341 Å². The van der Waals surface area contributed by atoms with Crippen LogP contribution < -0.4 is 0 Å². The summed E-state index contributed by atoms with van der Waals surface area (Å²) in [5.74, 6) is -0.888. The molecule has 0 aromatic rings. The molecule has 6 nitrogen and oxygen atoms in total. The van der Waals surface area contributed by atoms with Crippen LogP contribution in [-0.4, -0.2) is 37.2 Å². The van der Waals surface area contributed by atoms with E-state index in [1.165, 1.54) is 167 Å². The fourth-order valence-corrected chi connectivity index (χ4v) is 9.79. The fourth-order valence-electron chi connectivity index (χ4n) is 9.79. The van der Waals surface area contributed by atoms with Crippen LogP contribution in [0.3, 0.4) is 0 Å². The molecule has 0 aromatic heterocycles. The molecule has 0 aliphatic rings. The SMILES string of the molecule is CC/C=C\C/C=C\C/C=C\C/C=C\C/C=C\C/C=C\C/C=C\CCCCCCCCCCCC(=O)OCC(COC(=O)CCCCCCC/C=C\C/C=C\CCCC)OC(=O)CCCCCCCCCCCCCCCCCCCCC. The quantitative estimate of drug-likeness (QED) is 0.0261. The van der Waals surface area contributed by atoms with Crippen LogP contribution in [0, 0.1) is 0 Å². The van der Waals surface area contributed by atoms with Gasteiger partial charge in [0.25, 0.3) is 0 Å². The molecule has 0 bridgehead atoms. The molecule has 0 aromatic carbocycles. The van der Waals surface area contributed by atoms with Gasteiger partial charge in [-0.2, -0.15) is 0 Å². The Labute approximate surface area is 508 Å². The van der Waals surface area contributed by atoms with E-state index in [1.807, 2.05) is 0 Å². The summed E-state index contributed by atoms with van der Waals surface area (Å²) in [6.45, 7) is 6.51. The zero-order chi connectivity index (χ0) is 59.2. The minimum atomic E-state index is -0.787. The molecule has 0 aliphatic carbocycles. The Morgan fingerprint density at radius 2 is 0.488 bits per heavy atom. The van der Waals surface area contributed by atoms with E-state index in [2.05, 4.69) is 130 Å². The number of unbranched alkanes of at least 4 members (excludes halogenated alkanes) is 34. The Morgan fingerprint density at radius 1 is 0.256 bits per heavy atom. The minimum Gasteiger partial charge on any atom is -0.462 e. The topological polar surface area (TPSA) is 78.9 Å². The van der Waals surface area contributed by atoms with Crippen molar-refractivity contribution in [2.24, 2.45) is 0 Å². The van der Waals surface area contributed by atoms with Gasteiger partial charge in [-0.1, -0.05) is 323 Å². The van der Waals surface area contributed by atoms with Crippen LogP contribution in [0.1, 0.15) is 335 Å². The number of esters is 3. The zero-order valence-electron chi connectivity index (χ0n) is 54.0. The average molecular weight is 1140 g/mol. The number of rotatable bonds is 63. The normalized spacial score (nSPS) is 12.8. The molecule has 0 fully saturated rings. The van der Waals surface area contributed by atoms with Crippen LogP contribution in [0.15, 0.2) is 109 Å². The smallest absolute Gasteiger partial charge is 0.306 e. The van der Waals surface area contributed by atoms with Crippen molar-refractivity contribution in [1.82, 2.24) is 0 Å². The second-order valence-corrected chi connectivity index (χ2v) is 23.1. The molecule has 0 rings (SSSR count). The number of carbonyl (C=O) groups excluding carboxylic acids is 3. The van der Waals surface area contributed by atoms with Crippen molar-refractivity contribution in [1.29, 1.82) is 0 Å². The molecule has 0 radical (unpaired) electrons. The molecule has 0 aliphatic heterocycles. The molecule has 6 heteroatoms. The van der Waals surface area contributed by atoms with Crippen molar-refractivity contribution in [3.05, 3.63) is 109 Å². The lowest BCUT2D eigenvalue weighted by Gasteiger charge is -2.18. The lowest BCUT2D eigenvalue weighted by atomic mass is 10.0. The predicted molar refractivity (Wildman–Crippen MR) is 357 cm³/mol. The Kier molecular flexibility index (Phi) is 66.2. The first-order chi connectivity index (χ1) is 40.5. The number of hydrogen-bond acceptors (Lipinski definition) is 6. The highest BCUT2D eigenvalue weighted by molar-refractivity contribution is 5.71. The van der Waals surface area contributed by atoms with E-state index in [0.717, 1.165) is 128 Å². The van der Waals surface area contributed by atoms with Crippen LogP contribution in [0.25, 0.3) is 0 Å². The molecule has 82 heavy (non-hydrogen) atoms. The number of ether oxygens (including phenoxy) is 3. The molecule has 1 unspecified atom stereocenters. The van der Waals surface area contributed by atoms with E-state index in [9.17, 15) is 14.4 Å². The van der Waals surface area contributed by atoms with Crippen molar-refractivity contribution >= 4 is 17.9 Å². The van der Waals surface area contributed by atoms with Gasteiger partial charge in [0.05, 0.1) is 0 Å². The van der Waals surface area contributed by atoms with Crippen LogP contribution in [0.4, 0.5) is 0 Å². The van der Waals surface area contributed by atoms with E-state index >= 15 is 0 Å². The highest BCUT2D eigenvalue weighted by Gasteiger charge is 2.19. The molecule has 0 N–H and O–H groups in total. The first-order valence-corrected chi connectivity index (χ1v) is 34.9. The third-order valence-corrected chi connectivity index (χ3v) is 15.0. The molecular formula is C76H130O6. The second kappa shape index (κ2) is 69.6. The summed E-state index contributed by atoms with van der Waals surface area (Å²) < 4.78 is 17.0. The van der Waals surface area contributed by atoms with E-state index in [0.29, 0.717) is 19.3 Å². The van der Waals surface area contributed by atoms with Gasteiger partial charge < -0.3 is 14.2 Å². The molecule has 0 saturated heterocycles. The second-order valence-electron chi connectivity index (χ2n) is 23.1. The van der Waals surface area contributed by atoms with Gasteiger partial charge in [0.15, 0.2) is 6.10 Å². The summed E-state index contributed by atoms with van der Waals surface area (Å²) in [6, 6.07) is 0. The maximum absolute atomic E-state index is 12.9. The predicted octanol–water partition coefficient (Wildman–Crippen LogP) is 24.2. The fraction of sp³-hybridized carbons (Fsp3) is 0.724. The van der Waals surface area contributed by atoms with Gasteiger partial charge in [-0.3, -0.25) is 14.4 Å². The number of allylic oxidation sites excluding steroid dienone is 18. The van der Waals surface area contributed by atoms with Crippen molar-refractivity contribution in [3.8, 4) is 0 Å². The van der Waals surface area contributed by atoms with Crippen LogP contribution in [0.5, 0.6) is 0 Å². The van der Waals surface area contributed by atoms with Crippen molar-refractivity contribution in [3.63, 3.8) is 0 Å². The van der Waals surface area contributed by atoms with Crippen molar-refractivity contribution in [2.75, 3.05) is 13.2 Å². The lowest BCUT2D eigenvalue weighted by Crippen LogP contribution is -2.30. The van der Waals surface area contributed by atoms with Gasteiger partial charge >= 0.3 is 17.9 Å². The summed E-state index contributed by atoms with van der Waals surface area (Å²) in [5, 5.41) is 0. The van der Waals surface area contributed by atoms with Gasteiger partial charge in [0.1, 0.15) is 13.2 Å². The lowest BCUT2D eigenvalue weighted by molar-refractivity contribution is -0.167. The van der Waals surface area contributed by atoms with E-state index in [-0.39, 0.29) is 31.1 Å².